The highest BCUT2D eigenvalue weighted by Gasteiger charge is 2.71. The summed E-state index contributed by atoms with van der Waals surface area (Å²) in [6.45, 7) is 2.45. The van der Waals surface area contributed by atoms with Gasteiger partial charge in [0.25, 0.3) is 5.60 Å². The average molecular weight is 523 g/mol. The first-order valence-electron chi connectivity index (χ1n) is 9.70. The molecular weight excluding hydrogens is 500 g/mol. The van der Waals surface area contributed by atoms with Gasteiger partial charge in [-0.25, -0.2) is 23.2 Å². The van der Waals surface area contributed by atoms with Crippen molar-refractivity contribution in [1.29, 1.82) is 0 Å². The van der Waals surface area contributed by atoms with Gasteiger partial charge in [0.1, 0.15) is 0 Å². The fraction of sp³-hybridized carbons (Fsp3) is 0.706. The summed E-state index contributed by atoms with van der Waals surface area (Å²) in [5.74, 6) is -0.359. The van der Waals surface area contributed by atoms with Crippen molar-refractivity contribution in [3.8, 4) is 0 Å². The van der Waals surface area contributed by atoms with E-state index in [1.165, 1.54) is 4.90 Å². The minimum absolute atomic E-state index is 0.105. The zero-order valence-corrected chi connectivity index (χ0v) is 19.0. The number of piperazine rings is 1. The predicted octanol–water partition coefficient (Wildman–Crippen LogP) is 1.63. The largest absolute Gasteiger partial charge is 0.465 e. The van der Waals surface area contributed by atoms with Crippen LogP contribution >= 0.6 is 0 Å². The van der Waals surface area contributed by atoms with Crippen molar-refractivity contribution in [2.45, 2.75) is 43.9 Å². The second kappa shape index (κ2) is 9.33. The van der Waals surface area contributed by atoms with Gasteiger partial charge in [0, 0.05) is 50.2 Å². The summed E-state index contributed by atoms with van der Waals surface area (Å²) in [6.07, 6.45) is -12.2. The number of amides is 1. The van der Waals surface area contributed by atoms with Crippen LogP contribution in [0.15, 0.2) is 12.4 Å². The molecule has 1 aliphatic heterocycles. The molecule has 0 saturated carbocycles. The van der Waals surface area contributed by atoms with Gasteiger partial charge in [-0.3, -0.25) is 0 Å². The van der Waals surface area contributed by atoms with Crippen molar-refractivity contribution in [3.05, 3.63) is 18.0 Å². The van der Waals surface area contributed by atoms with Crippen LogP contribution in [-0.2, 0) is 15.6 Å². The van der Waals surface area contributed by atoms with E-state index in [1.807, 2.05) is 0 Å². The minimum atomic E-state index is -6.11. The molecule has 0 spiro atoms. The molecule has 17 heteroatoms. The maximum absolute atomic E-state index is 13.1. The molecule has 0 unspecified atom stereocenters. The van der Waals surface area contributed by atoms with Gasteiger partial charge in [0.05, 0.1) is 12.3 Å². The van der Waals surface area contributed by atoms with Gasteiger partial charge in [0.2, 0.25) is 16.0 Å². The van der Waals surface area contributed by atoms with Crippen LogP contribution in [0.2, 0.25) is 0 Å². The lowest BCUT2D eigenvalue weighted by molar-refractivity contribution is -0.376. The first-order chi connectivity index (χ1) is 15.3. The Morgan fingerprint density at radius 1 is 1.15 bits per heavy atom. The number of aromatic nitrogens is 2. The van der Waals surface area contributed by atoms with E-state index in [9.17, 15) is 49.8 Å². The van der Waals surface area contributed by atoms with Gasteiger partial charge in [-0.1, -0.05) is 0 Å². The summed E-state index contributed by atoms with van der Waals surface area (Å²) >= 11 is 0. The summed E-state index contributed by atoms with van der Waals surface area (Å²) in [4.78, 5) is 20.8. The third kappa shape index (κ3) is 5.46. The smallest absolute Gasteiger partial charge is 0.430 e. The van der Waals surface area contributed by atoms with E-state index in [0.717, 1.165) is 15.5 Å². The summed E-state index contributed by atoms with van der Waals surface area (Å²) in [5, 5.41) is 18.8. The van der Waals surface area contributed by atoms with Crippen molar-refractivity contribution >= 4 is 22.1 Å². The third-order valence-corrected chi connectivity index (χ3v) is 6.70. The fourth-order valence-electron chi connectivity index (χ4n) is 3.53. The number of alkyl halides is 6. The van der Waals surface area contributed by atoms with Gasteiger partial charge in [0.15, 0.2) is 0 Å². The molecule has 1 atom stereocenters. The quantitative estimate of drug-likeness (QED) is 0.539. The first kappa shape index (κ1) is 27.8. The number of hydrogen-bond acceptors (Lipinski definition) is 7. The van der Waals surface area contributed by atoms with Crippen LogP contribution < -0.4 is 4.90 Å². The summed E-state index contributed by atoms with van der Waals surface area (Å²) in [7, 11) is -3.75. The number of sulfonamides is 1. The maximum atomic E-state index is 13.1. The van der Waals surface area contributed by atoms with Crippen LogP contribution in [0.5, 0.6) is 0 Å². The average Bonchev–Trinajstić information content (AvgIpc) is 2.68. The Hall–Kier alpha value is -2.40. The van der Waals surface area contributed by atoms with Crippen LogP contribution in [-0.4, -0.2) is 101 Å². The highest BCUT2D eigenvalue weighted by molar-refractivity contribution is 7.88. The molecule has 0 bridgehead atoms. The lowest BCUT2D eigenvalue weighted by Crippen LogP contribution is -2.59. The van der Waals surface area contributed by atoms with Crippen molar-refractivity contribution in [1.82, 2.24) is 19.2 Å². The second-order valence-electron chi connectivity index (χ2n) is 7.98. The number of carbonyl (C=O) groups is 1. The first-order valence-corrected chi connectivity index (χ1v) is 11.5. The molecule has 1 aromatic rings. The zero-order chi connectivity index (χ0) is 26.3. The van der Waals surface area contributed by atoms with Crippen LogP contribution in [0, 0.1) is 0 Å². The number of anilines is 1. The minimum Gasteiger partial charge on any atom is -0.465 e. The Labute approximate surface area is 190 Å². The standard InChI is InChI=1S/C17H23F6N5O5S/c1-10(2)28(34(3,32)33)9-12-8-26(14(29)30)4-5-27(12)13-24-6-11(7-25-13)15(31,16(18,19)20)17(21,22)23/h6-7,10,12,31H,4-5,8-9H2,1-3H3,(H,29,30)/t12-/m1/s1. The molecule has 2 rings (SSSR count). The molecule has 1 aromatic heterocycles. The van der Waals surface area contributed by atoms with E-state index >= 15 is 0 Å². The second-order valence-corrected chi connectivity index (χ2v) is 9.91. The molecule has 34 heavy (non-hydrogen) atoms. The molecule has 1 aliphatic rings. The van der Waals surface area contributed by atoms with Crippen LogP contribution in [0.3, 0.4) is 0 Å². The van der Waals surface area contributed by atoms with E-state index in [2.05, 4.69) is 9.97 Å². The molecule has 1 amide bonds. The Bertz CT molecular complexity index is 972. The SMILES string of the molecule is CC(C)N(C[C@H]1CN(C(=O)O)CCN1c1ncc(C(O)(C(F)(F)F)C(F)(F)F)cn1)S(C)(=O)=O. The van der Waals surface area contributed by atoms with Crippen molar-refractivity contribution < 1.29 is 49.8 Å². The molecule has 194 valence electrons. The Morgan fingerprint density at radius 3 is 2.03 bits per heavy atom. The Kier molecular flexibility index (Phi) is 7.64. The van der Waals surface area contributed by atoms with Crippen molar-refractivity contribution in [2.75, 3.05) is 37.3 Å². The molecule has 10 nitrogen and oxygen atoms in total. The lowest BCUT2D eigenvalue weighted by Gasteiger charge is -2.42. The molecule has 1 saturated heterocycles. The summed E-state index contributed by atoms with van der Waals surface area (Å²) in [6, 6.07) is -1.44. The number of rotatable bonds is 6. The van der Waals surface area contributed by atoms with Crippen LogP contribution in [0.4, 0.5) is 37.1 Å². The van der Waals surface area contributed by atoms with Gasteiger partial charge in [-0.15, -0.1) is 0 Å². The van der Waals surface area contributed by atoms with E-state index in [4.69, 9.17) is 0 Å². The third-order valence-electron chi connectivity index (χ3n) is 5.28. The predicted molar refractivity (Wildman–Crippen MR) is 105 cm³/mol. The van der Waals surface area contributed by atoms with Crippen LogP contribution in [0.25, 0.3) is 0 Å². The van der Waals surface area contributed by atoms with E-state index in [0.29, 0.717) is 0 Å². The molecule has 0 radical (unpaired) electrons. The number of aliphatic hydroxyl groups is 1. The van der Waals surface area contributed by atoms with Crippen LogP contribution in [0.1, 0.15) is 19.4 Å². The van der Waals surface area contributed by atoms with Crippen molar-refractivity contribution in [3.63, 3.8) is 0 Å². The van der Waals surface area contributed by atoms with Gasteiger partial charge < -0.3 is 20.0 Å². The molecule has 2 N–H and O–H groups in total. The number of carboxylic acid groups (broad SMARTS) is 1. The van der Waals surface area contributed by atoms with E-state index in [1.54, 1.807) is 13.8 Å². The molecule has 2 heterocycles. The highest BCUT2D eigenvalue weighted by atomic mass is 32.2. The topological polar surface area (TPSA) is 127 Å². The zero-order valence-electron chi connectivity index (χ0n) is 18.2. The highest BCUT2D eigenvalue weighted by Crippen LogP contribution is 2.49. The lowest BCUT2D eigenvalue weighted by atomic mass is 9.95. The Morgan fingerprint density at radius 2 is 1.65 bits per heavy atom. The maximum Gasteiger partial charge on any atom is 0.430 e. The molecular formula is C17H23F6N5O5S. The number of halogens is 6. The van der Waals surface area contributed by atoms with Crippen molar-refractivity contribution in [2.24, 2.45) is 0 Å². The molecule has 0 aliphatic carbocycles. The fourth-order valence-corrected chi connectivity index (χ4v) is 4.74. The molecule has 1 fully saturated rings. The van der Waals surface area contributed by atoms with Gasteiger partial charge in [-0.2, -0.15) is 30.6 Å². The van der Waals surface area contributed by atoms with E-state index in [-0.39, 0.29) is 44.5 Å². The summed E-state index contributed by atoms with van der Waals surface area (Å²) in [5.41, 5.74) is -6.86. The van der Waals surface area contributed by atoms with Gasteiger partial charge in [-0.05, 0) is 13.8 Å². The van der Waals surface area contributed by atoms with E-state index < -0.39 is 51.7 Å². The summed E-state index contributed by atoms with van der Waals surface area (Å²) < 4.78 is 104. The Balaban J connectivity index is 2.46. The van der Waals surface area contributed by atoms with Gasteiger partial charge >= 0.3 is 18.4 Å². The number of hydrogen-bond donors (Lipinski definition) is 2. The molecule has 0 aromatic carbocycles. The monoisotopic (exact) mass is 523 g/mol. The number of nitrogens with zero attached hydrogens (tertiary/aromatic N) is 5. The normalized spacial score (nSPS) is 18.6.